The summed E-state index contributed by atoms with van der Waals surface area (Å²) in [5.41, 5.74) is 10.4. The van der Waals surface area contributed by atoms with E-state index >= 15 is 0 Å². The molecule has 4 aliphatic carbocycles. The first-order chi connectivity index (χ1) is 11.4. The van der Waals surface area contributed by atoms with Crippen molar-refractivity contribution in [1.29, 1.82) is 0 Å². The van der Waals surface area contributed by atoms with E-state index in [1.54, 1.807) is 4.90 Å². The molecular weight excluding hydrogens is 310 g/mol. The number of primary amides is 2. The Morgan fingerprint density at radius 1 is 1.04 bits per heavy atom. The van der Waals surface area contributed by atoms with Gasteiger partial charge in [-0.25, -0.2) is 4.79 Å². The lowest BCUT2D eigenvalue weighted by molar-refractivity contribution is -0.156. The van der Waals surface area contributed by atoms with Gasteiger partial charge >= 0.3 is 6.09 Å². The number of nitrogens with two attached hydrogens (primary N) is 2. The maximum Gasteiger partial charge on any atom is 0.404 e. The van der Waals surface area contributed by atoms with E-state index in [4.69, 9.17) is 16.2 Å². The van der Waals surface area contributed by atoms with Crippen LogP contribution in [0, 0.1) is 29.1 Å². The summed E-state index contributed by atoms with van der Waals surface area (Å²) in [7, 11) is 0. The van der Waals surface area contributed by atoms with Crippen LogP contribution in [0.15, 0.2) is 0 Å². The van der Waals surface area contributed by atoms with Crippen LogP contribution in [0.1, 0.15) is 38.5 Å². The number of carbonyl (C=O) groups excluding carboxylic acids is 3. The van der Waals surface area contributed by atoms with Gasteiger partial charge in [0.25, 0.3) is 0 Å². The Morgan fingerprint density at radius 3 is 2.21 bits per heavy atom. The minimum absolute atomic E-state index is 0.130. The van der Waals surface area contributed by atoms with E-state index in [2.05, 4.69) is 0 Å². The highest BCUT2D eigenvalue weighted by Gasteiger charge is 2.58. The van der Waals surface area contributed by atoms with Crippen LogP contribution in [-0.4, -0.2) is 42.0 Å². The van der Waals surface area contributed by atoms with Gasteiger partial charge in [-0.15, -0.1) is 0 Å². The molecular formula is C17H25N3O4. The Bertz CT molecular complexity index is 570. The van der Waals surface area contributed by atoms with Gasteiger partial charge in [-0.2, -0.15) is 0 Å². The summed E-state index contributed by atoms with van der Waals surface area (Å²) < 4.78 is 4.88. The summed E-state index contributed by atoms with van der Waals surface area (Å²) in [6, 6.07) is 0. The highest BCUT2D eigenvalue weighted by molar-refractivity contribution is 5.82. The van der Waals surface area contributed by atoms with E-state index in [0.717, 1.165) is 32.1 Å². The van der Waals surface area contributed by atoms with E-state index in [1.807, 2.05) is 0 Å². The molecule has 0 aromatic carbocycles. The largest absolute Gasteiger partial charge is 0.443 e. The zero-order valence-electron chi connectivity index (χ0n) is 13.8. The molecule has 5 rings (SSSR count). The van der Waals surface area contributed by atoms with Gasteiger partial charge in [0, 0.05) is 11.8 Å². The lowest BCUT2D eigenvalue weighted by Crippen LogP contribution is -2.58. The van der Waals surface area contributed by atoms with Crippen molar-refractivity contribution in [3.63, 3.8) is 0 Å². The monoisotopic (exact) mass is 335 g/mol. The molecule has 2 unspecified atom stereocenters. The molecule has 1 saturated heterocycles. The number of ether oxygens (including phenoxy) is 1. The highest BCUT2D eigenvalue weighted by Crippen LogP contribution is 2.62. The SMILES string of the molecule is NC(=O)OC1CN(C(=O)CC2C3CC4CC2CC(C(N)=O)(C4)C3)C1. The molecule has 0 aromatic rings. The molecule has 0 aromatic heterocycles. The Morgan fingerprint density at radius 2 is 1.67 bits per heavy atom. The number of rotatable bonds is 4. The average Bonchev–Trinajstić information content (AvgIpc) is 2.45. The molecule has 132 valence electrons. The molecule has 5 aliphatic rings. The van der Waals surface area contributed by atoms with Crippen LogP contribution >= 0.6 is 0 Å². The average molecular weight is 335 g/mol. The summed E-state index contributed by atoms with van der Waals surface area (Å²) in [6.45, 7) is 0.884. The van der Waals surface area contributed by atoms with E-state index in [1.165, 1.54) is 0 Å². The number of carbonyl (C=O) groups is 3. The van der Waals surface area contributed by atoms with Gasteiger partial charge in [0.2, 0.25) is 11.8 Å². The first kappa shape index (κ1) is 15.7. The van der Waals surface area contributed by atoms with E-state index < -0.39 is 6.09 Å². The molecule has 3 amide bonds. The normalized spacial score (nSPS) is 40.2. The molecule has 7 heteroatoms. The van der Waals surface area contributed by atoms with Gasteiger partial charge in [0.1, 0.15) is 6.10 Å². The van der Waals surface area contributed by atoms with Crippen molar-refractivity contribution in [2.24, 2.45) is 40.6 Å². The lowest BCUT2D eigenvalue weighted by atomic mass is 9.45. The van der Waals surface area contributed by atoms with E-state index in [0.29, 0.717) is 43.2 Å². The van der Waals surface area contributed by atoms with Gasteiger partial charge < -0.3 is 21.1 Å². The number of hydrogen-bond acceptors (Lipinski definition) is 4. The molecule has 1 heterocycles. The molecule has 4 saturated carbocycles. The summed E-state index contributed by atoms with van der Waals surface area (Å²) in [5.74, 6) is 1.88. The molecule has 0 radical (unpaired) electrons. The zero-order chi connectivity index (χ0) is 17.1. The van der Waals surface area contributed by atoms with Crippen LogP contribution in [0.2, 0.25) is 0 Å². The van der Waals surface area contributed by atoms with Gasteiger partial charge in [-0.3, -0.25) is 9.59 Å². The third kappa shape index (κ3) is 2.45. The molecule has 1 aliphatic heterocycles. The predicted octanol–water partition coefficient (Wildman–Crippen LogP) is 0.610. The van der Waals surface area contributed by atoms with Gasteiger partial charge in [0.15, 0.2) is 0 Å². The molecule has 24 heavy (non-hydrogen) atoms. The number of amides is 3. The first-order valence-corrected chi connectivity index (χ1v) is 8.90. The standard InChI is InChI=1S/C17H25N3O4/c18-15(22)17-4-9-1-10(5-17)13(11(2-9)6-17)3-14(21)20-7-12(8-20)24-16(19)23/h9-13H,1-8H2,(H2,18,22)(H2,19,23). The fraction of sp³-hybridized carbons (Fsp3) is 0.824. The van der Waals surface area contributed by atoms with Crippen molar-refractivity contribution in [2.45, 2.75) is 44.6 Å². The van der Waals surface area contributed by atoms with Gasteiger partial charge in [-0.1, -0.05) is 0 Å². The third-order valence-corrected chi connectivity index (χ3v) is 6.89. The van der Waals surface area contributed by atoms with Crippen LogP contribution < -0.4 is 11.5 Å². The smallest absolute Gasteiger partial charge is 0.404 e. The van der Waals surface area contributed by atoms with Crippen molar-refractivity contribution in [3.05, 3.63) is 0 Å². The quantitative estimate of drug-likeness (QED) is 0.783. The topological polar surface area (TPSA) is 116 Å². The second-order valence-corrected chi connectivity index (χ2v) is 8.34. The van der Waals surface area contributed by atoms with Crippen LogP contribution in [0.25, 0.3) is 0 Å². The zero-order valence-corrected chi connectivity index (χ0v) is 13.8. The Kier molecular flexibility index (Phi) is 3.51. The second kappa shape index (κ2) is 5.36. The summed E-state index contributed by atoms with van der Waals surface area (Å²) in [5, 5.41) is 0. The van der Waals surface area contributed by atoms with Gasteiger partial charge in [-0.05, 0) is 55.8 Å². The number of hydrogen-bond donors (Lipinski definition) is 2. The molecule has 7 nitrogen and oxygen atoms in total. The Hall–Kier alpha value is -1.79. The maximum absolute atomic E-state index is 12.5. The van der Waals surface area contributed by atoms with Crippen molar-refractivity contribution in [1.82, 2.24) is 4.90 Å². The van der Waals surface area contributed by atoms with E-state index in [9.17, 15) is 14.4 Å². The highest BCUT2D eigenvalue weighted by atomic mass is 16.6. The van der Waals surface area contributed by atoms with Crippen molar-refractivity contribution in [2.75, 3.05) is 13.1 Å². The van der Waals surface area contributed by atoms with Crippen LogP contribution in [0.4, 0.5) is 4.79 Å². The maximum atomic E-state index is 12.5. The van der Waals surface area contributed by atoms with Gasteiger partial charge in [0.05, 0.1) is 13.1 Å². The molecule has 0 spiro atoms. The fourth-order valence-corrected chi connectivity index (χ4v) is 5.98. The lowest BCUT2D eigenvalue weighted by Gasteiger charge is -2.59. The Labute approximate surface area is 141 Å². The van der Waals surface area contributed by atoms with Crippen LogP contribution in [0.5, 0.6) is 0 Å². The summed E-state index contributed by atoms with van der Waals surface area (Å²) in [4.78, 5) is 36.9. The van der Waals surface area contributed by atoms with Crippen LogP contribution in [-0.2, 0) is 14.3 Å². The second-order valence-electron chi connectivity index (χ2n) is 8.34. The number of likely N-dealkylation sites (tertiary alicyclic amines) is 1. The third-order valence-electron chi connectivity index (χ3n) is 6.89. The molecule has 5 fully saturated rings. The number of nitrogens with zero attached hydrogens (tertiary/aromatic N) is 1. The van der Waals surface area contributed by atoms with Crippen molar-refractivity contribution >= 4 is 17.9 Å². The first-order valence-electron chi connectivity index (χ1n) is 8.90. The van der Waals surface area contributed by atoms with Crippen molar-refractivity contribution in [3.8, 4) is 0 Å². The predicted molar refractivity (Wildman–Crippen MR) is 84.3 cm³/mol. The summed E-state index contributed by atoms with van der Waals surface area (Å²) in [6.07, 6.45) is 4.44. The molecule has 4 N–H and O–H groups in total. The van der Waals surface area contributed by atoms with E-state index in [-0.39, 0.29) is 23.3 Å². The summed E-state index contributed by atoms with van der Waals surface area (Å²) >= 11 is 0. The minimum atomic E-state index is -0.787. The molecule has 2 atom stereocenters. The van der Waals surface area contributed by atoms with Crippen molar-refractivity contribution < 1.29 is 19.1 Å². The minimum Gasteiger partial charge on any atom is -0.443 e. The molecule has 4 bridgehead atoms. The fourth-order valence-electron chi connectivity index (χ4n) is 5.98. The van der Waals surface area contributed by atoms with Crippen LogP contribution in [0.3, 0.4) is 0 Å². The Balaban J connectivity index is 1.36.